The lowest BCUT2D eigenvalue weighted by Crippen LogP contribution is -3.14. The lowest BCUT2D eigenvalue weighted by atomic mass is 10.1. The first-order valence-electron chi connectivity index (χ1n) is 9.34. The summed E-state index contributed by atoms with van der Waals surface area (Å²) >= 11 is 1.35. The molecule has 138 valence electrons. The molecule has 0 unspecified atom stereocenters. The molecule has 6 nitrogen and oxygen atoms in total. The number of nitrogens with zero attached hydrogens (tertiary/aromatic N) is 3. The Kier molecular flexibility index (Phi) is 5.26. The fraction of sp³-hybridized carbons (Fsp3) is 0.526. The van der Waals surface area contributed by atoms with Crippen molar-refractivity contribution in [2.75, 3.05) is 31.9 Å². The van der Waals surface area contributed by atoms with Crippen LogP contribution >= 0.6 is 11.8 Å². The number of rotatable bonds is 6. The van der Waals surface area contributed by atoms with Crippen LogP contribution in [0.25, 0.3) is 0 Å². The van der Waals surface area contributed by atoms with Crippen molar-refractivity contribution < 1.29 is 14.1 Å². The topological polar surface area (TPSA) is 63.7 Å². The Morgan fingerprint density at radius 2 is 2.00 bits per heavy atom. The number of carbonyl (C=O) groups is 1. The third kappa shape index (κ3) is 4.10. The van der Waals surface area contributed by atoms with Crippen LogP contribution in [0.5, 0.6) is 0 Å². The first kappa shape index (κ1) is 17.5. The van der Waals surface area contributed by atoms with E-state index >= 15 is 0 Å². The van der Waals surface area contributed by atoms with E-state index in [1.165, 1.54) is 17.3 Å². The largest absolute Gasteiger partial charge is 0.416 e. The molecule has 1 aromatic heterocycles. The van der Waals surface area contributed by atoms with Gasteiger partial charge in [0.05, 0.1) is 31.9 Å². The molecule has 1 aliphatic heterocycles. The molecule has 1 saturated carbocycles. The minimum Gasteiger partial charge on any atom is -0.416 e. The quantitative estimate of drug-likeness (QED) is 0.778. The molecule has 7 heteroatoms. The fourth-order valence-corrected chi connectivity index (χ4v) is 4.11. The summed E-state index contributed by atoms with van der Waals surface area (Å²) in [5.41, 5.74) is 1.36. The zero-order valence-electron chi connectivity index (χ0n) is 15.1. The predicted octanol–water partition coefficient (Wildman–Crippen LogP) is 1.53. The van der Waals surface area contributed by atoms with Gasteiger partial charge in [0, 0.05) is 11.5 Å². The van der Waals surface area contributed by atoms with Crippen molar-refractivity contribution in [3.05, 3.63) is 41.8 Å². The van der Waals surface area contributed by atoms with Crippen LogP contribution < -0.4 is 4.90 Å². The number of nitrogens with one attached hydrogen (secondary N) is 1. The summed E-state index contributed by atoms with van der Waals surface area (Å²) in [6.45, 7) is 5.86. The standard InChI is InChI=1S/C19H24N4O2S/c1-14(15-5-3-2-4-6-15)22-9-11-23(12-10-22)17(24)13-26-19-21-20-18(25-19)16-7-8-16/h2-6,14,16H,7-13H2,1H3/p+1/t14-/m0/s1. The lowest BCUT2D eigenvalue weighted by molar-refractivity contribution is -0.933. The van der Waals surface area contributed by atoms with Crippen molar-refractivity contribution in [1.82, 2.24) is 15.1 Å². The molecule has 2 aliphatic rings. The fourth-order valence-electron chi connectivity index (χ4n) is 3.44. The average molecular weight is 374 g/mol. The molecule has 0 bridgehead atoms. The Morgan fingerprint density at radius 3 is 2.69 bits per heavy atom. The maximum Gasteiger partial charge on any atom is 0.277 e. The van der Waals surface area contributed by atoms with E-state index in [-0.39, 0.29) is 5.91 Å². The second-order valence-electron chi connectivity index (χ2n) is 7.14. The van der Waals surface area contributed by atoms with Crippen LogP contribution in [0.15, 0.2) is 40.0 Å². The van der Waals surface area contributed by atoms with Crippen molar-refractivity contribution >= 4 is 17.7 Å². The second-order valence-corrected chi connectivity index (χ2v) is 8.07. The minimum atomic E-state index is 0.160. The number of hydrogen-bond donors (Lipinski definition) is 1. The smallest absolute Gasteiger partial charge is 0.277 e. The molecule has 2 fully saturated rings. The van der Waals surface area contributed by atoms with E-state index < -0.39 is 0 Å². The molecule has 1 amide bonds. The van der Waals surface area contributed by atoms with Crippen LogP contribution in [-0.2, 0) is 4.79 Å². The maximum absolute atomic E-state index is 12.5. The third-order valence-electron chi connectivity index (χ3n) is 5.34. The molecular formula is C19H25N4O2S+. The highest BCUT2D eigenvalue weighted by Crippen LogP contribution is 2.39. The molecule has 2 aromatic rings. The van der Waals surface area contributed by atoms with Crippen LogP contribution in [0.1, 0.15) is 43.2 Å². The SMILES string of the molecule is C[C@@H](c1ccccc1)[NH+]1CCN(C(=O)CSc2nnc(C3CC3)o2)CC1. The number of quaternary nitrogens is 1. The highest BCUT2D eigenvalue weighted by Gasteiger charge is 2.30. The zero-order valence-corrected chi connectivity index (χ0v) is 15.9. The summed E-state index contributed by atoms with van der Waals surface area (Å²) in [4.78, 5) is 16.0. The van der Waals surface area contributed by atoms with Crippen molar-refractivity contribution in [3.63, 3.8) is 0 Å². The van der Waals surface area contributed by atoms with Gasteiger partial charge in [0.2, 0.25) is 11.8 Å². The molecule has 1 aromatic carbocycles. The molecule has 1 atom stereocenters. The zero-order chi connectivity index (χ0) is 17.9. The van der Waals surface area contributed by atoms with Crippen molar-refractivity contribution in [2.24, 2.45) is 0 Å². The summed E-state index contributed by atoms with van der Waals surface area (Å²) in [6, 6.07) is 11.1. The van der Waals surface area contributed by atoms with Crippen LogP contribution in [0.4, 0.5) is 0 Å². The predicted molar refractivity (Wildman–Crippen MR) is 99.1 cm³/mol. The molecule has 1 aliphatic carbocycles. The van der Waals surface area contributed by atoms with Gasteiger partial charge in [0.1, 0.15) is 6.04 Å². The number of benzene rings is 1. The molecule has 1 N–H and O–H groups in total. The van der Waals surface area contributed by atoms with E-state index in [1.54, 1.807) is 4.90 Å². The Labute approximate surface area is 157 Å². The van der Waals surface area contributed by atoms with Crippen molar-refractivity contribution in [3.8, 4) is 0 Å². The molecule has 0 radical (unpaired) electrons. The van der Waals surface area contributed by atoms with E-state index in [4.69, 9.17) is 4.42 Å². The van der Waals surface area contributed by atoms with E-state index in [2.05, 4.69) is 47.5 Å². The number of carbonyl (C=O) groups excluding carboxylic acids is 1. The minimum absolute atomic E-state index is 0.160. The number of thioether (sulfide) groups is 1. The first-order valence-corrected chi connectivity index (χ1v) is 10.3. The first-order chi connectivity index (χ1) is 12.7. The number of aromatic nitrogens is 2. The Hall–Kier alpha value is -1.86. The van der Waals surface area contributed by atoms with Crippen LogP contribution in [0.3, 0.4) is 0 Å². The van der Waals surface area contributed by atoms with Crippen LogP contribution in [0, 0.1) is 0 Å². The monoisotopic (exact) mass is 373 g/mol. The summed E-state index contributed by atoms with van der Waals surface area (Å²) in [6.07, 6.45) is 2.28. The highest BCUT2D eigenvalue weighted by atomic mass is 32.2. The summed E-state index contributed by atoms with van der Waals surface area (Å²) in [5.74, 6) is 1.71. The molecule has 0 spiro atoms. The Bertz CT molecular complexity index is 739. The van der Waals surface area contributed by atoms with Gasteiger partial charge in [0.25, 0.3) is 5.22 Å². The number of amides is 1. The molecular weight excluding hydrogens is 348 g/mol. The number of piperazine rings is 1. The van der Waals surface area contributed by atoms with Gasteiger partial charge >= 0.3 is 0 Å². The van der Waals surface area contributed by atoms with Gasteiger partial charge in [-0.25, -0.2) is 0 Å². The van der Waals surface area contributed by atoms with Gasteiger partial charge in [-0.05, 0) is 19.8 Å². The molecule has 2 heterocycles. The van der Waals surface area contributed by atoms with Crippen LogP contribution in [0.2, 0.25) is 0 Å². The van der Waals surface area contributed by atoms with E-state index in [9.17, 15) is 4.79 Å². The molecule has 26 heavy (non-hydrogen) atoms. The average Bonchev–Trinajstić information content (AvgIpc) is 3.44. The van der Waals surface area contributed by atoms with E-state index in [0.717, 1.165) is 44.9 Å². The van der Waals surface area contributed by atoms with Gasteiger partial charge in [-0.1, -0.05) is 42.1 Å². The maximum atomic E-state index is 12.5. The summed E-state index contributed by atoms with van der Waals surface area (Å²) in [7, 11) is 0. The Balaban J connectivity index is 1.24. The lowest BCUT2D eigenvalue weighted by Gasteiger charge is -2.35. The third-order valence-corrected chi connectivity index (χ3v) is 6.14. The molecule has 4 rings (SSSR count). The van der Waals surface area contributed by atoms with Gasteiger partial charge in [-0.2, -0.15) is 0 Å². The highest BCUT2D eigenvalue weighted by molar-refractivity contribution is 7.99. The van der Waals surface area contributed by atoms with Gasteiger partial charge in [0.15, 0.2) is 0 Å². The number of hydrogen-bond acceptors (Lipinski definition) is 5. The van der Waals surface area contributed by atoms with Gasteiger partial charge in [-0.15, -0.1) is 10.2 Å². The van der Waals surface area contributed by atoms with Crippen LogP contribution in [-0.4, -0.2) is 52.9 Å². The van der Waals surface area contributed by atoms with E-state index in [1.807, 2.05) is 4.90 Å². The van der Waals surface area contributed by atoms with Crippen molar-refractivity contribution in [1.29, 1.82) is 0 Å². The Morgan fingerprint density at radius 1 is 1.27 bits per heavy atom. The normalized spacial score (nSPS) is 19.5. The van der Waals surface area contributed by atoms with Crippen molar-refractivity contribution in [2.45, 2.75) is 36.9 Å². The van der Waals surface area contributed by atoms with Gasteiger partial charge in [-0.3, -0.25) is 4.79 Å². The molecule has 1 saturated heterocycles. The van der Waals surface area contributed by atoms with Gasteiger partial charge < -0.3 is 14.2 Å². The summed E-state index contributed by atoms with van der Waals surface area (Å²) < 4.78 is 5.61. The second kappa shape index (κ2) is 7.80. The summed E-state index contributed by atoms with van der Waals surface area (Å²) in [5, 5.41) is 8.61. The van der Waals surface area contributed by atoms with E-state index in [0.29, 0.717) is 22.9 Å².